The number of azide groups is 1. The van der Waals surface area contributed by atoms with Gasteiger partial charge in [-0.1, -0.05) is 41.5 Å². The van der Waals surface area contributed by atoms with Crippen molar-refractivity contribution in [3.8, 4) is 0 Å². The molecule has 2 aromatic rings. The van der Waals surface area contributed by atoms with Gasteiger partial charge in [-0.2, -0.15) is 0 Å². The van der Waals surface area contributed by atoms with Gasteiger partial charge in [-0.3, -0.25) is 4.79 Å². The molecule has 0 saturated carbocycles. The third kappa shape index (κ3) is 4.22. The molecule has 2 atom stereocenters. The Morgan fingerprint density at radius 1 is 1.22 bits per heavy atom. The summed E-state index contributed by atoms with van der Waals surface area (Å²) in [4.78, 5) is 14.8. The third-order valence-corrected chi connectivity index (χ3v) is 3.24. The van der Waals surface area contributed by atoms with Gasteiger partial charge in [-0.05, 0) is 48.7 Å². The van der Waals surface area contributed by atoms with Crippen LogP contribution in [0.1, 0.15) is 32.4 Å². The molecular formula is C17H19N3O3. The second-order valence-corrected chi connectivity index (χ2v) is 6.23. The van der Waals surface area contributed by atoms with Crippen LogP contribution in [0.2, 0.25) is 0 Å². The predicted octanol–water partition coefficient (Wildman–Crippen LogP) is 3.89. The maximum atomic E-state index is 12.2. The zero-order chi connectivity index (χ0) is 17.0. The van der Waals surface area contributed by atoms with Crippen LogP contribution in [0.15, 0.2) is 47.6 Å². The highest BCUT2D eigenvalue weighted by molar-refractivity contribution is 5.83. The number of aliphatic hydroxyl groups excluding tert-OH is 1. The summed E-state index contributed by atoms with van der Waals surface area (Å²) in [6, 6.07) is 11.6. The highest BCUT2D eigenvalue weighted by Crippen LogP contribution is 2.25. The molecule has 6 heteroatoms. The van der Waals surface area contributed by atoms with E-state index in [4.69, 9.17) is 10.3 Å². The third-order valence-electron chi connectivity index (χ3n) is 3.24. The van der Waals surface area contributed by atoms with Gasteiger partial charge in [-0.25, -0.2) is 0 Å². The minimum Gasteiger partial charge on any atom is -0.460 e. The smallest absolute Gasteiger partial charge is 0.318 e. The fourth-order valence-electron chi connectivity index (χ4n) is 2.23. The van der Waals surface area contributed by atoms with Gasteiger partial charge in [0.25, 0.3) is 0 Å². The lowest BCUT2D eigenvalue weighted by Gasteiger charge is -2.24. The average molecular weight is 313 g/mol. The predicted molar refractivity (Wildman–Crippen MR) is 87.7 cm³/mol. The maximum Gasteiger partial charge on any atom is 0.318 e. The van der Waals surface area contributed by atoms with Crippen molar-refractivity contribution in [1.29, 1.82) is 0 Å². The van der Waals surface area contributed by atoms with E-state index in [-0.39, 0.29) is 0 Å². The van der Waals surface area contributed by atoms with E-state index in [2.05, 4.69) is 10.0 Å². The normalized spacial score (nSPS) is 13.9. The zero-order valence-electron chi connectivity index (χ0n) is 13.3. The number of aliphatic hydroxyl groups is 1. The molecule has 0 amide bonds. The Hall–Kier alpha value is -2.56. The lowest BCUT2D eigenvalue weighted by Crippen LogP contribution is -2.34. The van der Waals surface area contributed by atoms with Crippen LogP contribution in [-0.2, 0) is 9.53 Å². The van der Waals surface area contributed by atoms with Crippen molar-refractivity contribution in [3.63, 3.8) is 0 Å². The lowest BCUT2D eigenvalue weighted by molar-refractivity contribution is -0.159. The van der Waals surface area contributed by atoms with Crippen molar-refractivity contribution in [1.82, 2.24) is 0 Å². The SMILES string of the molecule is CC(C)(C)OC(=O)[C@H](N=[N+]=[N-])[C@@H](O)c1ccc2ccccc2c1. The fourth-order valence-corrected chi connectivity index (χ4v) is 2.23. The molecule has 0 aliphatic carbocycles. The Balaban J connectivity index is 2.33. The van der Waals surface area contributed by atoms with Gasteiger partial charge < -0.3 is 9.84 Å². The number of esters is 1. The Morgan fingerprint density at radius 2 is 1.87 bits per heavy atom. The van der Waals surface area contributed by atoms with Crippen LogP contribution >= 0.6 is 0 Å². The molecule has 0 aromatic heterocycles. The molecule has 120 valence electrons. The standard InChI is InChI=1S/C17H19N3O3/c1-17(2,3)23-16(22)14(19-20-18)15(21)13-9-8-11-6-4-5-7-12(11)10-13/h4-10,14-15,21H,1-3H3/t14-,15+/m1/s1. The molecule has 23 heavy (non-hydrogen) atoms. The van der Waals surface area contributed by atoms with E-state index >= 15 is 0 Å². The molecule has 0 aliphatic heterocycles. The van der Waals surface area contributed by atoms with Gasteiger partial charge in [0, 0.05) is 4.91 Å². The summed E-state index contributed by atoms with van der Waals surface area (Å²) in [5.74, 6) is -0.754. The van der Waals surface area contributed by atoms with Gasteiger partial charge in [0.2, 0.25) is 0 Å². The second-order valence-electron chi connectivity index (χ2n) is 6.23. The van der Waals surface area contributed by atoms with Crippen molar-refractivity contribution in [2.45, 2.75) is 38.5 Å². The van der Waals surface area contributed by atoms with Crippen LogP contribution in [0, 0.1) is 0 Å². The number of carbonyl (C=O) groups is 1. The van der Waals surface area contributed by atoms with Crippen molar-refractivity contribution in [2.75, 3.05) is 0 Å². The van der Waals surface area contributed by atoms with Crippen LogP contribution in [0.25, 0.3) is 21.2 Å². The van der Waals surface area contributed by atoms with E-state index in [0.29, 0.717) is 5.56 Å². The average Bonchev–Trinajstić information content (AvgIpc) is 2.49. The van der Waals surface area contributed by atoms with Crippen molar-refractivity contribution in [2.24, 2.45) is 5.11 Å². The lowest BCUT2D eigenvalue weighted by atomic mass is 9.99. The molecule has 0 fully saturated rings. The number of hydrogen-bond acceptors (Lipinski definition) is 4. The van der Waals surface area contributed by atoms with Crippen LogP contribution < -0.4 is 0 Å². The quantitative estimate of drug-likeness (QED) is 0.401. The van der Waals surface area contributed by atoms with Crippen molar-refractivity contribution < 1.29 is 14.6 Å². The van der Waals surface area contributed by atoms with Gasteiger partial charge in [-0.15, -0.1) is 0 Å². The molecular weight excluding hydrogens is 294 g/mol. The monoisotopic (exact) mass is 313 g/mol. The summed E-state index contributed by atoms with van der Waals surface area (Å²) in [5.41, 5.74) is 8.45. The highest BCUT2D eigenvalue weighted by atomic mass is 16.6. The summed E-state index contributed by atoms with van der Waals surface area (Å²) < 4.78 is 5.22. The Labute approximate surface area is 134 Å². The number of carbonyl (C=O) groups excluding carboxylic acids is 1. The molecule has 1 N–H and O–H groups in total. The summed E-state index contributed by atoms with van der Waals surface area (Å²) in [7, 11) is 0. The van der Waals surface area contributed by atoms with E-state index in [9.17, 15) is 9.90 Å². The first-order valence-electron chi connectivity index (χ1n) is 7.25. The first-order valence-corrected chi connectivity index (χ1v) is 7.25. The van der Waals surface area contributed by atoms with Crippen molar-refractivity contribution >= 4 is 16.7 Å². The molecule has 0 heterocycles. The van der Waals surface area contributed by atoms with E-state index in [1.165, 1.54) is 0 Å². The zero-order valence-corrected chi connectivity index (χ0v) is 13.3. The Kier molecular flexibility index (Phi) is 4.89. The molecule has 2 aromatic carbocycles. The van der Waals surface area contributed by atoms with Gasteiger partial charge in [0.1, 0.15) is 5.60 Å². The maximum absolute atomic E-state index is 12.2. The first-order chi connectivity index (χ1) is 10.8. The molecule has 0 unspecified atom stereocenters. The van der Waals surface area contributed by atoms with Gasteiger partial charge in [0.05, 0.1) is 6.10 Å². The van der Waals surface area contributed by atoms with Crippen LogP contribution in [0.4, 0.5) is 0 Å². The number of rotatable bonds is 4. The molecule has 0 aliphatic rings. The van der Waals surface area contributed by atoms with Gasteiger partial charge >= 0.3 is 5.97 Å². The molecule has 6 nitrogen and oxygen atoms in total. The van der Waals surface area contributed by atoms with Crippen LogP contribution in [0.5, 0.6) is 0 Å². The summed E-state index contributed by atoms with van der Waals surface area (Å²) in [6.45, 7) is 5.13. The Morgan fingerprint density at radius 3 is 2.48 bits per heavy atom. The summed E-state index contributed by atoms with van der Waals surface area (Å²) >= 11 is 0. The second kappa shape index (κ2) is 6.69. The number of fused-ring (bicyclic) bond motifs is 1. The van der Waals surface area contributed by atoms with E-state index in [1.54, 1.807) is 32.9 Å². The molecule has 0 saturated heterocycles. The minimum atomic E-state index is -1.33. The first kappa shape index (κ1) is 16.8. The number of hydrogen-bond donors (Lipinski definition) is 1. The van der Waals surface area contributed by atoms with Gasteiger partial charge in [0.15, 0.2) is 6.04 Å². The largest absolute Gasteiger partial charge is 0.460 e. The van der Waals surface area contributed by atoms with Crippen LogP contribution in [0.3, 0.4) is 0 Å². The Bertz CT molecular complexity index is 761. The molecule has 2 rings (SSSR count). The minimum absolute atomic E-state index is 0.493. The highest BCUT2D eigenvalue weighted by Gasteiger charge is 2.31. The van der Waals surface area contributed by atoms with E-state index in [0.717, 1.165) is 10.8 Å². The number of nitrogens with zero attached hydrogens (tertiary/aromatic N) is 3. The molecule has 0 radical (unpaired) electrons. The topological polar surface area (TPSA) is 95.3 Å². The number of ether oxygens (including phenoxy) is 1. The van der Waals surface area contributed by atoms with E-state index < -0.39 is 23.7 Å². The number of benzene rings is 2. The van der Waals surface area contributed by atoms with Crippen molar-refractivity contribution in [3.05, 3.63) is 58.5 Å². The summed E-state index contributed by atoms with van der Waals surface area (Å²) in [5, 5.41) is 15.8. The van der Waals surface area contributed by atoms with E-state index in [1.807, 2.05) is 30.3 Å². The fraction of sp³-hybridized carbons (Fsp3) is 0.353. The van der Waals surface area contributed by atoms with Crippen LogP contribution in [-0.4, -0.2) is 22.7 Å². The summed E-state index contributed by atoms with van der Waals surface area (Å²) in [6.07, 6.45) is -1.27. The molecule has 0 bridgehead atoms. The molecule has 0 spiro atoms.